The average Bonchev–Trinajstić information content (AvgIpc) is 2.08. The number of aryl methyl sites for hydroxylation is 2. The van der Waals surface area contributed by atoms with Gasteiger partial charge in [0, 0.05) is 23.3 Å². The van der Waals surface area contributed by atoms with Gasteiger partial charge in [-0.3, -0.25) is 4.79 Å². The molecular formula is C11H14ClNO3S. The Morgan fingerprint density at radius 1 is 1.24 bits per heavy atom. The number of nitrogens with one attached hydrogen (secondary N) is 1. The zero-order chi connectivity index (χ0) is 13.4. The zero-order valence-electron chi connectivity index (χ0n) is 10.1. The molecule has 0 spiro atoms. The Kier molecular flexibility index (Phi) is 3.84. The summed E-state index contributed by atoms with van der Waals surface area (Å²) in [6.07, 6.45) is 0. The normalized spacial score (nSPS) is 11.4. The molecule has 0 radical (unpaired) electrons. The largest absolute Gasteiger partial charge is 0.326 e. The maximum Gasteiger partial charge on any atom is 0.261 e. The third kappa shape index (κ3) is 2.98. The van der Waals surface area contributed by atoms with Crippen LogP contribution in [0.4, 0.5) is 5.69 Å². The van der Waals surface area contributed by atoms with Crippen LogP contribution in [0.25, 0.3) is 0 Å². The highest BCUT2D eigenvalue weighted by Crippen LogP contribution is 2.32. The summed E-state index contributed by atoms with van der Waals surface area (Å²) in [7, 11) is 1.57. The summed E-state index contributed by atoms with van der Waals surface area (Å²) in [5.74, 6) is -0.252. The van der Waals surface area contributed by atoms with Crippen molar-refractivity contribution in [2.24, 2.45) is 0 Å². The molecule has 0 saturated heterocycles. The minimum absolute atomic E-state index is 0.0634. The topological polar surface area (TPSA) is 63.2 Å². The van der Waals surface area contributed by atoms with E-state index in [1.807, 2.05) is 0 Å². The Bertz CT molecular complexity index is 579. The minimum atomic E-state index is -3.82. The van der Waals surface area contributed by atoms with Gasteiger partial charge >= 0.3 is 0 Å². The Balaban J connectivity index is 3.60. The van der Waals surface area contributed by atoms with Crippen LogP contribution in [0.1, 0.15) is 23.6 Å². The van der Waals surface area contributed by atoms with Crippen molar-refractivity contribution in [2.45, 2.75) is 32.6 Å². The first-order chi connectivity index (χ1) is 7.64. The van der Waals surface area contributed by atoms with E-state index < -0.39 is 9.05 Å². The Labute approximate surface area is 105 Å². The second-order valence-electron chi connectivity index (χ2n) is 3.96. The predicted octanol–water partition coefficient (Wildman–Crippen LogP) is 2.50. The molecule has 0 atom stereocenters. The SMILES string of the molecule is CC(=O)Nc1c(C)cc(C)c(S(=O)(=O)Cl)c1C. The van der Waals surface area contributed by atoms with Gasteiger partial charge in [0.1, 0.15) is 0 Å². The molecule has 1 rings (SSSR count). The van der Waals surface area contributed by atoms with Gasteiger partial charge in [-0.1, -0.05) is 6.07 Å². The van der Waals surface area contributed by atoms with E-state index in [2.05, 4.69) is 5.32 Å². The van der Waals surface area contributed by atoms with Gasteiger partial charge in [0.2, 0.25) is 5.91 Å². The standard InChI is InChI=1S/C11H14ClNO3S/c1-6-5-7(2)11(17(12,15)16)8(3)10(6)13-9(4)14/h5H,1-4H3,(H,13,14). The molecule has 0 bridgehead atoms. The van der Waals surface area contributed by atoms with Gasteiger partial charge in [0.15, 0.2) is 0 Å². The maximum absolute atomic E-state index is 11.5. The van der Waals surface area contributed by atoms with Crippen LogP contribution in [0.3, 0.4) is 0 Å². The second-order valence-corrected chi connectivity index (χ2v) is 6.46. The van der Waals surface area contributed by atoms with E-state index in [0.717, 1.165) is 5.56 Å². The Morgan fingerprint density at radius 2 is 1.76 bits per heavy atom. The molecule has 0 aromatic heterocycles. The van der Waals surface area contributed by atoms with Crippen LogP contribution in [0, 0.1) is 20.8 Å². The highest BCUT2D eigenvalue weighted by molar-refractivity contribution is 8.13. The fourth-order valence-electron chi connectivity index (χ4n) is 1.91. The third-order valence-electron chi connectivity index (χ3n) is 2.45. The Morgan fingerprint density at radius 3 is 2.18 bits per heavy atom. The molecular weight excluding hydrogens is 262 g/mol. The second kappa shape index (κ2) is 4.66. The molecule has 0 fully saturated rings. The van der Waals surface area contributed by atoms with Crippen LogP contribution in [0.5, 0.6) is 0 Å². The van der Waals surface area contributed by atoms with E-state index in [4.69, 9.17) is 10.7 Å². The summed E-state index contributed by atoms with van der Waals surface area (Å²) in [5.41, 5.74) is 2.35. The lowest BCUT2D eigenvalue weighted by Gasteiger charge is -2.15. The van der Waals surface area contributed by atoms with Gasteiger partial charge in [-0.25, -0.2) is 8.42 Å². The number of carbonyl (C=O) groups excluding carboxylic acids is 1. The van der Waals surface area contributed by atoms with Crippen LogP contribution >= 0.6 is 10.7 Å². The number of hydrogen-bond donors (Lipinski definition) is 1. The monoisotopic (exact) mass is 275 g/mol. The highest BCUT2D eigenvalue weighted by Gasteiger charge is 2.20. The number of carbonyl (C=O) groups is 1. The summed E-state index contributed by atoms with van der Waals surface area (Å²) in [5, 5.41) is 2.62. The summed E-state index contributed by atoms with van der Waals surface area (Å²) in [6, 6.07) is 1.69. The van der Waals surface area contributed by atoms with Gasteiger partial charge < -0.3 is 5.32 Å². The number of halogens is 1. The van der Waals surface area contributed by atoms with E-state index in [1.165, 1.54) is 6.92 Å². The van der Waals surface area contributed by atoms with E-state index in [9.17, 15) is 13.2 Å². The smallest absolute Gasteiger partial charge is 0.261 e. The molecule has 1 aromatic carbocycles. The van der Waals surface area contributed by atoms with Crippen molar-refractivity contribution in [3.8, 4) is 0 Å². The lowest BCUT2D eigenvalue weighted by Crippen LogP contribution is -2.11. The molecule has 0 saturated carbocycles. The molecule has 0 heterocycles. The first kappa shape index (κ1) is 14.0. The number of amides is 1. The fourth-order valence-corrected chi connectivity index (χ4v) is 3.53. The molecule has 0 aliphatic heterocycles. The molecule has 94 valence electrons. The van der Waals surface area contributed by atoms with Gasteiger partial charge in [-0.15, -0.1) is 0 Å². The van der Waals surface area contributed by atoms with Crippen molar-refractivity contribution in [1.29, 1.82) is 0 Å². The highest BCUT2D eigenvalue weighted by atomic mass is 35.7. The van der Waals surface area contributed by atoms with E-state index >= 15 is 0 Å². The summed E-state index contributed by atoms with van der Waals surface area (Å²) in [4.78, 5) is 11.1. The Hall–Kier alpha value is -1.07. The number of hydrogen-bond acceptors (Lipinski definition) is 3. The predicted molar refractivity (Wildman–Crippen MR) is 68.0 cm³/mol. The van der Waals surface area contributed by atoms with Crippen LogP contribution < -0.4 is 5.32 Å². The average molecular weight is 276 g/mol. The summed E-state index contributed by atoms with van der Waals surface area (Å²) < 4.78 is 23.0. The van der Waals surface area contributed by atoms with Crippen molar-refractivity contribution in [3.05, 3.63) is 22.8 Å². The fraction of sp³-hybridized carbons (Fsp3) is 0.364. The van der Waals surface area contributed by atoms with Crippen molar-refractivity contribution in [3.63, 3.8) is 0 Å². The van der Waals surface area contributed by atoms with Crippen LogP contribution in [-0.4, -0.2) is 14.3 Å². The van der Waals surface area contributed by atoms with Crippen molar-refractivity contribution in [1.82, 2.24) is 0 Å². The van der Waals surface area contributed by atoms with Crippen molar-refractivity contribution >= 4 is 31.3 Å². The molecule has 17 heavy (non-hydrogen) atoms. The van der Waals surface area contributed by atoms with E-state index in [-0.39, 0.29) is 10.8 Å². The van der Waals surface area contributed by atoms with Crippen LogP contribution in [0.2, 0.25) is 0 Å². The van der Waals surface area contributed by atoms with Gasteiger partial charge in [0.05, 0.1) is 4.90 Å². The van der Waals surface area contributed by atoms with Crippen LogP contribution in [0.15, 0.2) is 11.0 Å². The van der Waals surface area contributed by atoms with Crippen LogP contribution in [-0.2, 0) is 13.8 Å². The molecule has 1 aromatic rings. The first-order valence-electron chi connectivity index (χ1n) is 4.97. The molecule has 0 aliphatic rings. The molecule has 1 amide bonds. The lowest BCUT2D eigenvalue weighted by atomic mass is 10.0. The lowest BCUT2D eigenvalue weighted by molar-refractivity contribution is -0.114. The maximum atomic E-state index is 11.5. The van der Waals surface area contributed by atoms with E-state index in [1.54, 1.807) is 26.8 Å². The minimum Gasteiger partial charge on any atom is -0.326 e. The molecule has 0 unspecified atom stereocenters. The molecule has 6 heteroatoms. The first-order valence-corrected chi connectivity index (χ1v) is 7.28. The van der Waals surface area contributed by atoms with Gasteiger partial charge in [0.25, 0.3) is 9.05 Å². The molecule has 0 aliphatic carbocycles. The quantitative estimate of drug-likeness (QED) is 0.844. The molecule has 1 N–H and O–H groups in total. The van der Waals surface area contributed by atoms with Gasteiger partial charge in [-0.05, 0) is 37.5 Å². The van der Waals surface area contributed by atoms with Gasteiger partial charge in [-0.2, -0.15) is 0 Å². The van der Waals surface area contributed by atoms with E-state index in [0.29, 0.717) is 16.8 Å². The number of benzene rings is 1. The summed E-state index contributed by atoms with van der Waals surface area (Å²) >= 11 is 0. The van der Waals surface area contributed by atoms with Crippen molar-refractivity contribution < 1.29 is 13.2 Å². The third-order valence-corrected chi connectivity index (χ3v) is 4.02. The number of anilines is 1. The number of rotatable bonds is 2. The zero-order valence-corrected chi connectivity index (χ0v) is 11.7. The molecule has 4 nitrogen and oxygen atoms in total. The summed E-state index contributed by atoms with van der Waals surface area (Å²) in [6.45, 7) is 6.47. The van der Waals surface area contributed by atoms with Crippen molar-refractivity contribution in [2.75, 3.05) is 5.32 Å².